The Morgan fingerprint density at radius 2 is 2.33 bits per heavy atom. The second kappa shape index (κ2) is 5.22. The lowest BCUT2D eigenvalue weighted by Gasteiger charge is -2.33. The molecule has 3 aliphatic rings. The van der Waals surface area contributed by atoms with Crippen molar-refractivity contribution in [3.05, 3.63) is 11.6 Å². The Labute approximate surface area is 112 Å². The lowest BCUT2D eigenvalue weighted by Crippen LogP contribution is -2.36. The summed E-state index contributed by atoms with van der Waals surface area (Å²) in [5.41, 5.74) is 1.36. The first-order chi connectivity index (χ1) is 8.81. The highest BCUT2D eigenvalue weighted by Gasteiger charge is 2.50. The standard InChI is InChI=1S/C14H19FN2S/c15-11-5-1-4-10-13(9-3-2-6-17-8-9)12(7-16)18-14(10)11/h3,10-14,17H,1-2,4-6,8H2. The van der Waals surface area contributed by atoms with Crippen molar-refractivity contribution in [3.63, 3.8) is 0 Å². The molecule has 18 heavy (non-hydrogen) atoms. The van der Waals surface area contributed by atoms with Crippen LogP contribution < -0.4 is 5.32 Å². The molecule has 1 N–H and O–H groups in total. The minimum absolute atomic E-state index is 0.0394. The minimum atomic E-state index is -0.702. The number of rotatable bonds is 1. The number of halogens is 1. The van der Waals surface area contributed by atoms with E-state index in [1.807, 2.05) is 0 Å². The fourth-order valence-electron chi connectivity index (χ4n) is 3.69. The lowest BCUT2D eigenvalue weighted by molar-refractivity contribution is 0.190. The van der Waals surface area contributed by atoms with Gasteiger partial charge in [-0.15, -0.1) is 11.8 Å². The van der Waals surface area contributed by atoms with Crippen LogP contribution in [0.15, 0.2) is 11.6 Å². The molecule has 0 bridgehead atoms. The Balaban J connectivity index is 1.86. The van der Waals surface area contributed by atoms with Gasteiger partial charge in [0.05, 0.1) is 11.3 Å². The summed E-state index contributed by atoms with van der Waals surface area (Å²) in [4.78, 5) is 0. The van der Waals surface area contributed by atoms with Gasteiger partial charge in [-0.3, -0.25) is 0 Å². The maximum Gasteiger partial charge on any atom is 0.112 e. The average Bonchev–Trinajstić information content (AvgIpc) is 2.80. The number of fused-ring (bicyclic) bond motifs is 1. The number of thioether (sulfide) groups is 1. The number of nitrogens with zero attached hydrogens (tertiary/aromatic N) is 1. The van der Waals surface area contributed by atoms with E-state index in [2.05, 4.69) is 17.5 Å². The van der Waals surface area contributed by atoms with Crippen molar-refractivity contribution < 1.29 is 4.39 Å². The Hall–Kier alpha value is -0.530. The molecule has 1 saturated heterocycles. The molecule has 98 valence electrons. The Morgan fingerprint density at radius 3 is 3.06 bits per heavy atom. The van der Waals surface area contributed by atoms with Crippen LogP contribution in [0, 0.1) is 23.2 Å². The predicted octanol–water partition coefficient (Wildman–Crippen LogP) is 2.67. The molecule has 2 fully saturated rings. The topological polar surface area (TPSA) is 35.8 Å². The van der Waals surface area contributed by atoms with Gasteiger partial charge in [-0.1, -0.05) is 18.1 Å². The summed E-state index contributed by atoms with van der Waals surface area (Å²) in [6.45, 7) is 1.92. The second-order valence-electron chi connectivity index (χ2n) is 5.53. The zero-order valence-electron chi connectivity index (χ0n) is 10.4. The van der Waals surface area contributed by atoms with Gasteiger partial charge in [-0.25, -0.2) is 4.39 Å². The summed E-state index contributed by atoms with van der Waals surface area (Å²) >= 11 is 1.60. The van der Waals surface area contributed by atoms with Crippen LogP contribution in [0.5, 0.6) is 0 Å². The third-order valence-electron chi connectivity index (χ3n) is 4.50. The van der Waals surface area contributed by atoms with E-state index in [0.717, 1.165) is 32.4 Å². The van der Waals surface area contributed by atoms with Crippen molar-refractivity contribution in [1.82, 2.24) is 5.32 Å². The molecule has 1 saturated carbocycles. The first-order valence-corrected chi connectivity index (χ1v) is 7.84. The van der Waals surface area contributed by atoms with E-state index in [1.165, 1.54) is 5.57 Å². The Bertz CT molecular complexity index is 390. The monoisotopic (exact) mass is 266 g/mol. The lowest BCUT2D eigenvalue weighted by atomic mass is 9.74. The summed E-state index contributed by atoms with van der Waals surface area (Å²) in [6.07, 6.45) is 5.40. The fraction of sp³-hybridized carbons (Fsp3) is 0.786. The summed E-state index contributed by atoms with van der Waals surface area (Å²) < 4.78 is 14.0. The van der Waals surface area contributed by atoms with E-state index >= 15 is 0 Å². The van der Waals surface area contributed by atoms with Crippen molar-refractivity contribution in [2.24, 2.45) is 11.8 Å². The average molecular weight is 266 g/mol. The largest absolute Gasteiger partial charge is 0.313 e. The van der Waals surface area contributed by atoms with Gasteiger partial charge in [0.15, 0.2) is 0 Å². The molecule has 2 nitrogen and oxygen atoms in total. The maximum atomic E-state index is 14.0. The molecule has 0 amide bonds. The highest BCUT2D eigenvalue weighted by molar-refractivity contribution is 8.01. The Morgan fingerprint density at radius 1 is 1.44 bits per heavy atom. The number of nitriles is 1. The third kappa shape index (κ3) is 2.08. The zero-order chi connectivity index (χ0) is 12.5. The van der Waals surface area contributed by atoms with E-state index in [0.29, 0.717) is 12.3 Å². The van der Waals surface area contributed by atoms with Crippen LogP contribution in [0.25, 0.3) is 0 Å². The molecule has 4 heteroatoms. The number of hydrogen-bond donors (Lipinski definition) is 1. The molecular formula is C14H19FN2S. The third-order valence-corrected chi connectivity index (χ3v) is 6.15. The predicted molar refractivity (Wildman–Crippen MR) is 72.1 cm³/mol. The van der Waals surface area contributed by atoms with E-state index < -0.39 is 6.17 Å². The second-order valence-corrected chi connectivity index (χ2v) is 6.86. The maximum absolute atomic E-state index is 14.0. The fourth-order valence-corrected chi connectivity index (χ4v) is 5.45. The van der Waals surface area contributed by atoms with Crippen molar-refractivity contribution in [3.8, 4) is 6.07 Å². The van der Waals surface area contributed by atoms with Crippen LogP contribution in [-0.2, 0) is 0 Å². The molecule has 0 aromatic carbocycles. The van der Waals surface area contributed by atoms with Gasteiger partial charge >= 0.3 is 0 Å². The molecular weight excluding hydrogens is 247 g/mol. The van der Waals surface area contributed by atoms with Crippen molar-refractivity contribution in [2.45, 2.75) is 42.4 Å². The van der Waals surface area contributed by atoms with Crippen molar-refractivity contribution in [1.29, 1.82) is 5.26 Å². The molecule has 1 aliphatic carbocycles. The van der Waals surface area contributed by atoms with Crippen molar-refractivity contribution >= 4 is 11.8 Å². The van der Waals surface area contributed by atoms with Gasteiger partial charge < -0.3 is 5.32 Å². The van der Waals surface area contributed by atoms with Gasteiger partial charge in [-0.05, 0) is 31.7 Å². The molecule has 2 heterocycles. The van der Waals surface area contributed by atoms with Crippen LogP contribution in [0.2, 0.25) is 0 Å². The van der Waals surface area contributed by atoms with Gasteiger partial charge in [0.2, 0.25) is 0 Å². The quantitative estimate of drug-likeness (QED) is 0.741. The number of hydrogen-bond acceptors (Lipinski definition) is 3. The summed E-state index contributed by atoms with van der Waals surface area (Å²) in [7, 11) is 0. The summed E-state index contributed by atoms with van der Waals surface area (Å²) in [6, 6.07) is 2.42. The summed E-state index contributed by atoms with van der Waals surface area (Å²) in [5.74, 6) is 0.672. The van der Waals surface area contributed by atoms with Crippen molar-refractivity contribution in [2.75, 3.05) is 13.1 Å². The molecule has 3 rings (SSSR count). The first-order valence-electron chi connectivity index (χ1n) is 6.90. The van der Waals surface area contributed by atoms with Crippen LogP contribution in [0.1, 0.15) is 25.7 Å². The highest BCUT2D eigenvalue weighted by Crippen LogP contribution is 2.53. The van der Waals surface area contributed by atoms with E-state index in [4.69, 9.17) is 0 Å². The van der Waals surface area contributed by atoms with Gasteiger partial charge in [0.1, 0.15) is 6.17 Å². The number of alkyl halides is 1. The normalized spacial score (nSPS) is 44.0. The molecule has 0 aromatic rings. The molecule has 5 atom stereocenters. The van der Waals surface area contributed by atoms with E-state index in [1.54, 1.807) is 11.8 Å². The minimum Gasteiger partial charge on any atom is -0.313 e. The molecule has 5 unspecified atom stereocenters. The van der Waals surface area contributed by atoms with Crippen LogP contribution in [0.4, 0.5) is 4.39 Å². The molecule has 0 aromatic heterocycles. The summed E-state index contributed by atoms with van der Waals surface area (Å²) in [5, 5.41) is 12.8. The van der Waals surface area contributed by atoms with Crippen LogP contribution >= 0.6 is 11.8 Å². The van der Waals surface area contributed by atoms with Crippen LogP contribution in [-0.4, -0.2) is 29.8 Å². The molecule has 0 spiro atoms. The SMILES string of the molecule is N#CC1SC2C(F)CCCC2C1C1=CCCNC1. The molecule has 0 radical (unpaired) electrons. The number of nitrogens with one attached hydrogen (secondary N) is 1. The Kier molecular flexibility index (Phi) is 3.63. The van der Waals surface area contributed by atoms with Gasteiger partial charge in [0, 0.05) is 17.7 Å². The van der Waals surface area contributed by atoms with Crippen LogP contribution in [0.3, 0.4) is 0 Å². The molecule has 2 aliphatic heterocycles. The highest BCUT2D eigenvalue weighted by atomic mass is 32.2. The smallest absolute Gasteiger partial charge is 0.112 e. The first kappa shape index (κ1) is 12.5. The van der Waals surface area contributed by atoms with E-state index in [9.17, 15) is 9.65 Å². The van der Waals surface area contributed by atoms with E-state index in [-0.39, 0.29) is 16.4 Å². The van der Waals surface area contributed by atoms with Gasteiger partial charge in [0.25, 0.3) is 0 Å². The van der Waals surface area contributed by atoms with Gasteiger partial charge in [-0.2, -0.15) is 5.26 Å². The zero-order valence-corrected chi connectivity index (χ0v) is 11.3.